The third-order valence-electron chi connectivity index (χ3n) is 3.42. The van der Waals surface area contributed by atoms with Gasteiger partial charge >= 0.3 is 0 Å². The molecule has 2 rings (SSSR count). The maximum absolute atomic E-state index is 12.6. The number of carbonyl (C=O) groups is 1. The highest BCUT2D eigenvalue weighted by atomic mass is 79.9. The molecule has 1 unspecified atom stereocenters. The molecule has 0 aromatic heterocycles. The number of rotatable bonds is 3. The Morgan fingerprint density at radius 1 is 1.50 bits per heavy atom. The van der Waals surface area contributed by atoms with E-state index in [1.807, 2.05) is 36.1 Å². The molecule has 1 atom stereocenters. The number of amides is 1. The number of halogens is 1. The Morgan fingerprint density at radius 3 is 2.89 bits per heavy atom. The van der Waals surface area contributed by atoms with E-state index in [4.69, 9.17) is 0 Å². The average molecular weight is 311 g/mol. The predicted molar refractivity (Wildman–Crippen MR) is 76.7 cm³/mol. The van der Waals surface area contributed by atoms with Crippen LogP contribution >= 0.6 is 15.9 Å². The monoisotopic (exact) mass is 310 g/mol. The van der Waals surface area contributed by atoms with E-state index in [0.717, 1.165) is 42.5 Å². The second kappa shape index (κ2) is 6.34. The zero-order chi connectivity index (χ0) is 13.0. The van der Waals surface area contributed by atoms with Crippen LogP contribution in [0.1, 0.15) is 30.1 Å². The van der Waals surface area contributed by atoms with Crippen LogP contribution < -0.4 is 5.32 Å². The Morgan fingerprint density at radius 2 is 2.28 bits per heavy atom. The number of piperidine rings is 1. The second-order valence-electron chi connectivity index (χ2n) is 4.57. The van der Waals surface area contributed by atoms with E-state index < -0.39 is 0 Å². The zero-order valence-corrected chi connectivity index (χ0v) is 12.2. The number of likely N-dealkylation sites (N-methyl/N-ethyl adjacent to an activating group) is 1. The van der Waals surface area contributed by atoms with Gasteiger partial charge in [0, 0.05) is 23.6 Å². The molecule has 1 aliphatic rings. The number of nitrogens with zero attached hydrogens (tertiary/aromatic N) is 1. The van der Waals surface area contributed by atoms with E-state index in [-0.39, 0.29) is 5.91 Å². The quantitative estimate of drug-likeness (QED) is 0.931. The molecular weight excluding hydrogens is 292 g/mol. The number of nitrogens with one attached hydrogen (secondary N) is 1. The lowest BCUT2D eigenvalue weighted by molar-refractivity contribution is 0.0661. The highest BCUT2D eigenvalue weighted by Crippen LogP contribution is 2.20. The van der Waals surface area contributed by atoms with Gasteiger partial charge in [0.25, 0.3) is 5.91 Å². The van der Waals surface area contributed by atoms with Crippen molar-refractivity contribution in [1.82, 2.24) is 10.2 Å². The van der Waals surface area contributed by atoms with Crippen molar-refractivity contribution < 1.29 is 4.79 Å². The van der Waals surface area contributed by atoms with Gasteiger partial charge in [-0.05, 0) is 54.4 Å². The minimum atomic E-state index is 0.124. The first-order chi connectivity index (χ1) is 8.74. The highest BCUT2D eigenvalue weighted by molar-refractivity contribution is 9.10. The van der Waals surface area contributed by atoms with E-state index in [1.165, 1.54) is 0 Å². The van der Waals surface area contributed by atoms with Gasteiger partial charge in [0.15, 0.2) is 0 Å². The van der Waals surface area contributed by atoms with Crippen LogP contribution in [0.15, 0.2) is 28.7 Å². The van der Waals surface area contributed by atoms with E-state index >= 15 is 0 Å². The number of benzene rings is 1. The summed E-state index contributed by atoms with van der Waals surface area (Å²) in [7, 11) is 0. The molecule has 0 saturated carbocycles. The van der Waals surface area contributed by atoms with Crippen molar-refractivity contribution in [1.29, 1.82) is 0 Å². The van der Waals surface area contributed by atoms with Gasteiger partial charge in [-0.2, -0.15) is 0 Å². The Balaban J connectivity index is 2.17. The molecule has 1 fully saturated rings. The van der Waals surface area contributed by atoms with Crippen LogP contribution in [-0.4, -0.2) is 36.5 Å². The largest absolute Gasteiger partial charge is 0.335 e. The van der Waals surface area contributed by atoms with Crippen LogP contribution in [-0.2, 0) is 0 Å². The van der Waals surface area contributed by atoms with Gasteiger partial charge in [0.05, 0.1) is 5.56 Å². The first-order valence-corrected chi connectivity index (χ1v) is 7.29. The van der Waals surface area contributed by atoms with Crippen molar-refractivity contribution in [2.45, 2.75) is 25.8 Å². The molecule has 0 aliphatic carbocycles. The smallest absolute Gasteiger partial charge is 0.255 e. The fraction of sp³-hybridized carbons (Fsp3) is 0.500. The first kappa shape index (κ1) is 13.6. The Kier molecular flexibility index (Phi) is 4.78. The predicted octanol–water partition coefficient (Wildman–Crippen LogP) is 2.66. The maximum Gasteiger partial charge on any atom is 0.255 e. The summed E-state index contributed by atoms with van der Waals surface area (Å²) in [6, 6.07) is 7.96. The fourth-order valence-corrected chi connectivity index (χ4v) is 2.91. The number of hydrogen-bond donors (Lipinski definition) is 1. The molecule has 18 heavy (non-hydrogen) atoms. The molecule has 1 heterocycles. The van der Waals surface area contributed by atoms with Crippen molar-refractivity contribution in [2.75, 3.05) is 19.6 Å². The molecular formula is C14H19BrN2O. The van der Waals surface area contributed by atoms with E-state index in [9.17, 15) is 4.79 Å². The molecule has 3 nitrogen and oxygen atoms in total. The summed E-state index contributed by atoms with van der Waals surface area (Å²) in [5.41, 5.74) is 0.755. The maximum atomic E-state index is 12.6. The van der Waals surface area contributed by atoms with Gasteiger partial charge in [0.1, 0.15) is 0 Å². The van der Waals surface area contributed by atoms with Crippen LogP contribution in [0.2, 0.25) is 0 Å². The molecule has 1 saturated heterocycles. The molecule has 4 heteroatoms. The topological polar surface area (TPSA) is 32.3 Å². The average Bonchev–Trinajstić information content (AvgIpc) is 2.41. The highest BCUT2D eigenvalue weighted by Gasteiger charge is 2.25. The fourth-order valence-electron chi connectivity index (χ4n) is 2.46. The standard InChI is InChI=1S/C14H19BrN2O/c1-2-17(11-6-5-9-16-10-11)14(18)12-7-3-4-8-13(12)15/h3-4,7-8,11,16H,2,5-6,9-10H2,1H3. The molecule has 1 aliphatic heterocycles. The molecule has 1 N–H and O–H groups in total. The van der Waals surface area contributed by atoms with Gasteiger partial charge in [-0.3, -0.25) is 4.79 Å². The Labute approximate surface area is 117 Å². The third kappa shape index (κ3) is 2.93. The Bertz CT molecular complexity index is 416. The zero-order valence-electron chi connectivity index (χ0n) is 10.7. The van der Waals surface area contributed by atoms with Gasteiger partial charge in [-0.15, -0.1) is 0 Å². The second-order valence-corrected chi connectivity index (χ2v) is 5.43. The molecule has 1 aromatic carbocycles. The number of carbonyl (C=O) groups excluding carboxylic acids is 1. The van der Waals surface area contributed by atoms with Crippen LogP contribution in [0.3, 0.4) is 0 Å². The third-order valence-corrected chi connectivity index (χ3v) is 4.11. The van der Waals surface area contributed by atoms with Crippen molar-refractivity contribution in [3.8, 4) is 0 Å². The lowest BCUT2D eigenvalue weighted by Gasteiger charge is -2.34. The minimum absolute atomic E-state index is 0.124. The van der Waals surface area contributed by atoms with E-state index in [1.54, 1.807) is 0 Å². The van der Waals surface area contributed by atoms with Gasteiger partial charge in [-0.1, -0.05) is 12.1 Å². The Hall–Kier alpha value is -0.870. The summed E-state index contributed by atoms with van der Waals surface area (Å²) in [6.45, 7) is 4.77. The molecule has 0 radical (unpaired) electrons. The van der Waals surface area contributed by atoms with Gasteiger partial charge < -0.3 is 10.2 Å². The van der Waals surface area contributed by atoms with Crippen molar-refractivity contribution in [3.05, 3.63) is 34.3 Å². The van der Waals surface area contributed by atoms with Crippen molar-refractivity contribution >= 4 is 21.8 Å². The van der Waals surface area contributed by atoms with Crippen molar-refractivity contribution in [3.63, 3.8) is 0 Å². The lowest BCUT2D eigenvalue weighted by Crippen LogP contribution is -2.48. The summed E-state index contributed by atoms with van der Waals surface area (Å²) in [5, 5.41) is 3.36. The summed E-state index contributed by atoms with van der Waals surface area (Å²) < 4.78 is 0.872. The van der Waals surface area contributed by atoms with Crippen LogP contribution in [0.5, 0.6) is 0 Å². The molecule has 0 spiro atoms. The summed E-state index contributed by atoms with van der Waals surface area (Å²) in [4.78, 5) is 14.5. The van der Waals surface area contributed by atoms with Gasteiger partial charge in [0.2, 0.25) is 0 Å². The summed E-state index contributed by atoms with van der Waals surface area (Å²) in [5.74, 6) is 0.124. The SMILES string of the molecule is CCN(C(=O)c1ccccc1Br)C1CCCNC1. The molecule has 98 valence electrons. The normalized spacial score (nSPS) is 19.6. The van der Waals surface area contributed by atoms with E-state index in [2.05, 4.69) is 21.2 Å². The van der Waals surface area contributed by atoms with Crippen molar-refractivity contribution in [2.24, 2.45) is 0 Å². The van der Waals surface area contributed by atoms with Gasteiger partial charge in [-0.25, -0.2) is 0 Å². The molecule has 1 aromatic rings. The molecule has 0 bridgehead atoms. The van der Waals surface area contributed by atoms with Crippen LogP contribution in [0.25, 0.3) is 0 Å². The lowest BCUT2D eigenvalue weighted by atomic mass is 10.0. The number of hydrogen-bond acceptors (Lipinski definition) is 2. The van der Waals surface area contributed by atoms with Crippen LogP contribution in [0, 0.1) is 0 Å². The van der Waals surface area contributed by atoms with Crippen LogP contribution in [0.4, 0.5) is 0 Å². The first-order valence-electron chi connectivity index (χ1n) is 6.50. The summed E-state index contributed by atoms with van der Waals surface area (Å²) in [6.07, 6.45) is 2.24. The minimum Gasteiger partial charge on any atom is -0.335 e. The molecule has 1 amide bonds. The van der Waals surface area contributed by atoms with E-state index in [0.29, 0.717) is 6.04 Å². The summed E-state index contributed by atoms with van der Waals surface area (Å²) >= 11 is 3.46.